The van der Waals surface area contributed by atoms with E-state index in [9.17, 15) is 8.42 Å². The summed E-state index contributed by atoms with van der Waals surface area (Å²) in [7, 11) is -3.09. The lowest BCUT2D eigenvalue weighted by atomic mass is 10.0. The zero-order valence-corrected chi connectivity index (χ0v) is 13.8. The molecule has 5 heteroatoms. The maximum Gasteiger partial charge on any atom is 0.175 e. The van der Waals surface area contributed by atoms with Gasteiger partial charge in [-0.2, -0.15) is 0 Å². The van der Waals surface area contributed by atoms with E-state index in [1.165, 1.54) is 45.2 Å². The Balaban J connectivity index is 1.79. The summed E-state index contributed by atoms with van der Waals surface area (Å²) in [6.07, 6.45) is 4.86. The van der Waals surface area contributed by atoms with E-state index in [1.807, 2.05) is 12.1 Å². The molecule has 1 aliphatic rings. The fraction of sp³-hybridized carbons (Fsp3) is 0.625. The van der Waals surface area contributed by atoms with Crippen LogP contribution in [0.1, 0.15) is 31.7 Å². The summed E-state index contributed by atoms with van der Waals surface area (Å²) in [5.41, 5.74) is 1.14. The molecule has 0 saturated carbocycles. The van der Waals surface area contributed by atoms with E-state index in [4.69, 9.17) is 0 Å². The summed E-state index contributed by atoms with van der Waals surface area (Å²) < 4.78 is 22.8. The van der Waals surface area contributed by atoms with Gasteiger partial charge in [0.05, 0.1) is 4.90 Å². The van der Waals surface area contributed by atoms with Crippen LogP contribution in [0.3, 0.4) is 0 Å². The normalized spacial score (nSPS) is 18.0. The van der Waals surface area contributed by atoms with Crippen LogP contribution in [-0.2, 0) is 16.4 Å². The summed E-state index contributed by atoms with van der Waals surface area (Å²) in [6.45, 7) is 6.60. The molecule has 1 aromatic rings. The molecule has 1 N–H and O–H groups in total. The third-order valence-corrected chi connectivity index (χ3v) is 5.20. The molecule has 0 aliphatic carbocycles. The van der Waals surface area contributed by atoms with Gasteiger partial charge in [-0.25, -0.2) is 8.42 Å². The molecule has 1 fully saturated rings. The molecule has 0 aromatic heterocycles. The maximum atomic E-state index is 11.4. The summed E-state index contributed by atoms with van der Waals surface area (Å²) >= 11 is 0. The zero-order valence-electron chi connectivity index (χ0n) is 13.0. The average Bonchev–Trinajstić information content (AvgIpc) is 2.46. The monoisotopic (exact) mass is 310 g/mol. The lowest BCUT2D eigenvalue weighted by Gasteiger charge is -2.32. The quantitative estimate of drug-likeness (QED) is 0.874. The van der Waals surface area contributed by atoms with Crippen molar-refractivity contribution in [2.75, 3.05) is 25.9 Å². The maximum absolute atomic E-state index is 11.4. The Hall–Kier alpha value is -0.910. The SMILES string of the molecule is CCCN1CCC(NCc2ccc(S(C)(=O)=O)cc2)CC1. The highest BCUT2D eigenvalue weighted by atomic mass is 32.2. The molecular formula is C16H26N2O2S. The van der Waals surface area contributed by atoms with Crippen molar-refractivity contribution in [3.8, 4) is 0 Å². The number of nitrogens with one attached hydrogen (secondary N) is 1. The molecule has 2 rings (SSSR count). The third-order valence-electron chi connectivity index (χ3n) is 4.07. The van der Waals surface area contributed by atoms with E-state index in [0.717, 1.165) is 12.1 Å². The second-order valence-corrected chi connectivity index (χ2v) is 7.93. The largest absolute Gasteiger partial charge is 0.310 e. The minimum absolute atomic E-state index is 0.388. The van der Waals surface area contributed by atoms with E-state index >= 15 is 0 Å². The van der Waals surface area contributed by atoms with Crippen molar-refractivity contribution in [2.45, 2.75) is 43.7 Å². The van der Waals surface area contributed by atoms with Gasteiger partial charge in [0.25, 0.3) is 0 Å². The first-order valence-electron chi connectivity index (χ1n) is 7.74. The van der Waals surface area contributed by atoms with Crippen LogP contribution in [0.15, 0.2) is 29.2 Å². The molecule has 1 aromatic carbocycles. The molecule has 0 atom stereocenters. The molecule has 1 heterocycles. The lowest BCUT2D eigenvalue weighted by Crippen LogP contribution is -2.42. The highest BCUT2D eigenvalue weighted by molar-refractivity contribution is 7.90. The van der Waals surface area contributed by atoms with Gasteiger partial charge in [0.2, 0.25) is 0 Å². The third kappa shape index (κ3) is 5.09. The van der Waals surface area contributed by atoms with Gasteiger partial charge >= 0.3 is 0 Å². The molecule has 0 unspecified atom stereocenters. The Labute approximate surface area is 128 Å². The fourth-order valence-corrected chi connectivity index (χ4v) is 3.42. The first-order valence-corrected chi connectivity index (χ1v) is 9.63. The van der Waals surface area contributed by atoms with Crippen LogP contribution in [0, 0.1) is 0 Å². The molecule has 0 bridgehead atoms. The van der Waals surface area contributed by atoms with Crippen LogP contribution in [-0.4, -0.2) is 45.2 Å². The van der Waals surface area contributed by atoms with Crippen molar-refractivity contribution in [1.29, 1.82) is 0 Å². The molecule has 1 aliphatic heterocycles. The van der Waals surface area contributed by atoms with E-state index in [2.05, 4.69) is 17.1 Å². The van der Waals surface area contributed by atoms with Crippen LogP contribution in [0.2, 0.25) is 0 Å². The molecule has 0 radical (unpaired) electrons. The van der Waals surface area contributed by atoms with Crippen molar-refractivity contribution in [3.63, 3.8) is 0 Å². The molecule has 21 heavy (non-hydrogen) atoms. The van der Waals surface area contributed by atoms with E-state index < -0.39 is 9.84 Å². The Kier molecular flexibility index (Phi) is 5.79. The Morgan fingerprint density at radius 2 is 1.81 bits per heavy atom. The summed E-state index contributed by atoms with van der Waals surface area (Å²) in [5, 5.41) is 3.58. The summed E-state index contributed by atoms with van der Waals surface area (Å²) in [6, 6.07) is 7.75. The van der Waals surface area contributed by atoms with E-state index in [-0.39, 0.29) is 0 Å². The zero-order chi connectivity index (χ0) is 15.3. The number of nitrogens with zero attached hydrogens (tertiary/aromatic N) is 1. The molecule has 0 amide bonds. The Morgan fingerprint density at radius 1 is 1.19 bits per heavy atom. The smallest absolute Gasteiger partial charge is 0.175 e. The predicted octanol–water partition coefficient (Wildman–Crippen LogP) is 2.05. The molecule has 4 nitrogen and oxygen atoms in total. The number of hydrogen-bond donors (Lipinski definition) is 1. The molecule has 1 saturated heterocycles. The number of hydrogen-bond acceptors (Lipinski definition) is 4. The standard InChI is InChI=1S/C16H26N2O2S/c1-3-10-18-11-8-15(9-12-18)17-13-14-4-6-16(7-5-14)21(2,19)20/h4-7,15,17H,3,8-13H2,1-2H3. The first kappa shape index (κ1) is 16.5. The molecule has 118 valence electrons. The second-order valence-electron chi connectivity index (χ2n) is 5.91. The van der Waals surface area contributed by atoms with Crippen molar-refractivity contribution < 1.29 is 8.42 Å². The highest BCUT2D eigenvalue weighted by Crippen LogP contribution is 2.13. The Bertz CT molecular complexity index is 532. The minimum atomic E-state index is -3.09. The van der Waals surface area contributed by atoms with Gasteiger partial charge in [0.15, 0.2) is 9.84 Å². The summed E-state index contributed by atoms with van der Waals surface area (Å²) in [4.78, 5) is 2.91. The van der Waals surface area contributed by atoms with Crippen LogP contribution in [0.5, 0.6) is 0 Å². The average molecular weight is 310 g/mol. The number of sulfone groups is 1. The van der Waals surface area contributed by atoms with Crippen molar-refractivity contribution in [1.82, 2.24) is 10.2 Å². The van der Waals surface area contributed by atoms with Gasteiger partial charge in [-0.1, -0.05) is 19.1 Å². The number of likely N-dealkylation sites (tertiary alicyclic amines) is 1. The van der Waals surface area contributed by atoms with Gasteiger partial charge in [0, 0.05) is 18.8 Å². The lowest BCUT2D eigenvalue weighted by molar-refractivity contribution is 0.197. The first-order chi connectivity index (χ1) is 9.99. The second kappa shape index (κ2) is 7.38. The van der Waals surface area contributed by atoms with Crippen LogP contribution in [0.25, 0.3) is 0 Å². The molecule has 0 spiro atoms. The fourth-order valence-electron chi connectivity index (χ4n) is 2.79. The van der Waals surface area contributed by atoms with Crippen molar-refractivity contribution in [2.24, 2.45) is 0 Å². The highest BCUT2D eigenvalue weighted by Gasteiger charge is 2.17. The van der Waals surface area contributed by atoms with Gasteiger partial charge in [0.1, 0.15) is 0 Å². The number of piperidine rings is 1. The van der Waals surface area contributed by atoms with Crippen LogP contribution >= 0.6 is 0 Å². The van der Waals surface area contributed by atoms with Gasteiger partial charge in [-0.3, -0.25) is 0 Å². The Morgan fingerprint density at radius 3 is 2.33 bits per heavy atom. The topological polar surface area (TPSA) is 49.4 Å². The van der Waals surface area contributed by atoms with E-state index in [0.29, 0.717) is 10.9 Å². The van der Waals surface area contributed by atoms with Gasteiger partial charge in [-0.15, -0.1) is 0 Å². The predicted molar refractivity (Wildman–Crippen MR) is 86.1 cm³/mol. The van der Waals surface area contributed by atoms with Crippen molar-refractivity contribution >= 4 is 9.84 Å². The van der Waals surface area contributed by atoms with Crippen LogP contribution in [0.4, 0.5) is 0 Å². The van der Waals surface area contributed by atoms with Crippen molar-refractivity contribution in [3.05, 3.63) is 29.8 Å². The number of rotatable bonds is 6. The van der Waals surface area contributed by atoms with Gasteiger partial charge in [-0.05, 0) is 56.6 Å². The number of benzene rings is 1. The van der Waals surface area contributed by atoms with E-state index in [1.54, 1.807) is 12.1 Å². The molecular weight excluding hydrogens is 284 g/mol. The summed E-state index contributed by atoms with van der Waals surface area (Å²) in [5.74, 6) is 0. The minimum Gasteiger partial charge on any atom is -0.310 e. The van der Waals surface area contributed by atoms with Gasteiger partial charge < -0.3 is 10.2 Å². The van der Waals surface area contributed by atoms with Crippen LogP contribution < -0.4 is 5.32 Å².